The first kappa shape index (κ1) is 13.0. The van der Waals surface area contributed by atoms with Gasteiger partial charge in [0.2, 0.25) is 0 Å². The maximum absolute atomic E-state index is 5.71. The van der Waals surface area contributed by atoms with Crippen LogP contribution in [0.4, 0.5) is 0 Å². The molecule has 1 unspecified atom stereocenters. The molecule has 0 aliphatic heterocycles. The van der Waals surface area contributed by atoms with E-state index in [1.165, 1.54) is 13.0 Å². The summed E-state index contributed by atoms with van der Waals surface area (Å²) in [4.78, 5) is 0. The fourth-order valence-electron chi connectivity index (χ4n) is 2.64. The van der Waals surface area contributed by atoms with Gasteiger partial charge in [0.05, 0.1) is 0 Å². The molecule has 90 valence electrons. The molecule has 0 heterocycles. The molecule has 0 bridgehead atoms. The maximum Gasteiger partial charge on any atom is 0.00109 e. The van der Waals surface area contributed by atoms with Crippen LogP contribution in [0.5, 0.6) is 0 Å². The van der Waals surface area contributed by atoms with Gasteiger partial charge in [0, 0.05) is 6.04 Å². The fraction of sp³-hybridized carbons (Fsp3) is 1.00. The highest BCUT2D eigenvalue weighted by molar-refractivity contribution is 5.12. The lowest BCUT2D eigenvalue weighted by Gasteiger charge is -2.07. The lowest BCUT2D eigenvalue weighted by molar-refractivity contribution is 0.457. The first-order chi connectivity index (χ1) is 6.80. The summed E-state index contributed by atoms with van der Waals surface area (Å²) in [5.41, 5.74) is 6.74. The van der Waals surface area contributed by atoms with E-state index >= 15 is 0 Å². The second-order valence-electron chi connectivity index (χ2n) is 6.32. The Kier molecular flexibility index (Phi) is 3.83. The SMILES string of the molecule is CC(N)CCCNCC1C(C)(C)C1(C)C. The molecule has 1 saturated carbocycles. The Bertz CT molecular complexity index is 193. The van der Waals surface area contributed by atoms with Gasteiger partial charge in [-0.2, -0.15) is 0 Å². The summed E-state index contributed by atoms with van der Waals surface area (Å²) < 4.78 is 0. The van der Waals surface area contributed by atoms with E-state index in [0.29, 0.717) is 16.9 Å². The molecule has 1 atom stereocenters. The molecule has 1 rings (SSSR count). The van der Waals surface area contributed by atoms with Crippen LogP contribution in [0.2, 0.25) is 0 Å². The third-order valence-corrected chi connectivity index (χ3v) is 4.68. The lowest BCUT2D eigenvalue weighted by Crippen LogP contribution is -2.23. The van der Waals surface area contributed by atoms with Crippen molar-refractivity contribution in [3.8, 4) is 0 Å². The third kappa shape index (κ3) is 2.73. The monoisotopic (exact) mass is 212 g/mol. The van der Waals surface area contributed by atoms with E-state index in [1.54, 1.807) is 0 Å². The molecule has 0 aromatic carbocycles. The normalized spacial score (nSPS) is 25.2. The molecular formula is C13H28N2. The third-order valence-electron chi connectivity index (χ3n) is 4.68. The highest BCUT2D eigenvalue weighted by Crippen LogP contribution is 2.67. The predicted octanol–water partition coefficient (Wildman–Crippen LogP) is 2.39. The largest absolute Gasteiger partial charge is 0.328 e. The summed E-state index contributed by atoms with van der Waals surface area (Å²) in [5.74, 6) is 0.834. The molecule has 2 heteroatoms. The Morgan fingerprint density at radius 1 is 1.20 bits per heavy atom. The van der Waals surface area contributed by atoms with Gasteiger partial charge in [-0.3, -0.25) is 0 Å². The number of nitrogens with one attached hydrogen (secondary N) is 1. The summed E-state index contributed by atoms with van der Waals surface area (Å²) in [6.07, 6.45) is 2.33. The van der Waals surface area contributed by atoms with Crippen LogP contribution < -0.4 is 11.1 Å². The molecule has 1 aliphatic rings. The van der Waals surface area contributed by atoms with Gasteiger partial charge in [-0.15, -0.1) is 0 Å². The van der Waals surface area contributed by atoms with Crippen molar-refractivity contribution in [2.45, 2.75) is 53.5 Å². The second-order valence-corrected chi connectivity index (χ2v) is 6.32. The van der Waals surface area contributed by atoms with E-state index in [0.717, 1.165) is 18.9 Å². The van der Waals surface area contributed by atoms with Gasteiger partial charge in [-0.25, -0.2) is 0 Å². The van der Waals surface area contributed by atoms with Crippen LogP contribution in [0.25, 0.3) is 0 Å². The molecule has 3 N–H and O–H groups in total. The smallest absolute Gasteiger partial charge is 0.00109 e. The van der Waals surface area contributed by atoms with E-state index < -0.39 is 0 Å². The van der Waals surface area contributed by atoms with Gasteiger partial charge in [-0.1, -0.05) is 27.7 Å². The van der Waals surface area contributed by atoms with Crippen molar-refractivity contribution in [3.05, 3.63) is 0 Å². The highest BCUT2D eigenvalue weighted by atomic mass is 14.9. The van der Waals surface area contributed by atoms with Gasteiger partial charge in [-0.05, 0) is 49.6 Å². The van der Waals surface area contributed by atoms with Gasteiger partial charge >= 0.3 is 0 Å². The standard InChI is InChI=1S/C13H28N2/c1-10(14)7-6-8-15-9-11-12(2,3)13(11,4)5/h10-11,15H,6-9,14H2,1-5H3. The molecule has 2 nitrogen and oxygen atoms in total. The first-order valence-electron chi connectivity index (χ1n) is 6.26. The van der Waals surface area contributed by atoms with Gasteiger partial charge < -0.3 is 11.1 Å². The zero-order valence-electron chi connectivity index (χ0n) is 11.1. The van der Waals surface area contributed by atoms with Crippen molar-refractivity contribution in [2.75, 3.05) is 13.1 Å². The quantitative estimate of drug-likeness (QED) is 0.663. The zero-order valence-corrected chi connectivity index (χ0v) is 11.1. The Labute approximate surface area is 95.0 Å². The first-order valence-corrected chi connectivity index (χ1v) is 6.26. The Hall–Kier alpha value is -0.0800. The van der Waals surface area contributed by atoms with E-state index in [4.69, 9.17) is 5.73 Å². The van der Waals surface area contributed by atoms with Gasteiger partial charge in [0.25, 0.3) is 0 Å². The van der Waals surface area contributed by atoms with E-state index in [9.17, 15) is 0 Å². The van der Waals surface area contributed by atoms with Crippen LogP contribution in [0.3, 0.4) is 0 Å². The number of hydrogen-bond donors (Lipinski definition) is 2. The Morgan fingerprint density at radius 2 is 1.73 bits per heavy atom. The van der Waals surface area contributed by atoms with Crippen molar-refractivity contribution in [1.29, 1.82) is 0 Å². The highest BCUT2D eigenvalue weighted by Gasteiger charge is 2.63. The van der Waals surface area contributed by atoms with E-state index in [1.807, 2.05) is 0 Å². The molecule has 0 spiro atoms. The molecular weight excluding hydrogens is 184 g/mol. The van der Waals surface area contributed by atoms with Gasteiger partial charge in [0.15, 0.2) is 0 Å². The van der Waals surface area contributed by atoms with Crippen LogP contribution >= 0.6 is 0 Å². The van der Waals surface area contributed by atoms with Crippen molar-refractivity contribution < 1.29 is 0 Å². The van der Waals surface area contributed by atoms with Crippen LogP contribution in [0.1, 0.15) is 47.5 Å². The topological polar surface area (TPSA) is 38.0 Å². The van der Waals surface area contributed by atoms with Crippen LogP contribution in [0, 0.1) is 16.7 Å². The van der Waals surface area contributed by atoms with E-state index in [-0.39, 0.29) is 0 Å². The van der Waals surface area contributed by atoms with Crippen molar-refractivity contribution in [2.24, 2.45) is 22.5 Å². The zero-order chi connectivity index (χ0) is 11.7. The molecule has 0 aromatic heterocycles. The summed E-state index contributed by atoms with van der Waals surface area (Å²) >= 11 is 0. The molecule has 15 heavy (non-hydrogen) atoms. The molecule has 0 saturated heterocycles. The summed E-state index contributed by atoms with van der Waals surface area (Å²) in [6, 6.07) is 0.348. The minimum Gasteiger partial charge on any atom is -0.328 e. The average Bonchev–Trinajstić information content (AvgIpc) is 2.45. The fourth-order valence-corrected chi connectivity index (χ4v) is 2.64. The van der Waals surface area contributed by atoms with Crippen molar-refractivity contribution in [3.63, 3.8) is 0 Å². The van der Waals surface area contributed by atoms with Crippen molar-refractivity contribution in [1.82, 2.24) is 5.32 Å². The van der Waals surface area contributed by atoms with Crippen LogP contribution in [-0.2, 0) is 0 Å². The van der Waals surface area contributed by atoms with Gasteiger partial charge in [0.1, 0.15) is 0 Å². The summed E-state index contributed by atoms with van der Waals surface area (Å²) in [5, 5.41) is 3.56. The molecule has 1 aliphatic carbocycles. The molecule has 0 radical (unpaired) electrons. The predicted molar refractivity (Wildman–Crippen MR) is 66.8 cm³/mol. The molecule has 0 aromatic rings. The Morgan fingerprint density at radius 3 is 2.13 bits per heavy atom. The number of hydrogen-bond acceptors (Lipinski definition) is 2. The summed E-state index contributed by atoms with van der Waals surface area (Å²) in [7, 11) is 0. The summed E-state index contributed by atoms with van der Waals surface area (Å²) in [6.45, 7) is 13.9. The average molecular weight is 212 g/mol. The van der Waals surface area contributed by atoms with Crippen molar-refractivity contribution >= 4 is 0 Å². The van der Waals surface area contributed by atoms with Crippen LogP contribution in [0.15, 0.2) is 0 Å². The molecule has 1 fully saturated rings. The number of nitrogens with two attached hydrogens (primary N) is 1. The maximum atomic E-state index is 5.71. The number of rotatable bonds is 6. The van der Waals surface area contributed by atoms with Crippen LogP contribution in [-0.4, -0.2) is 19.1 Å². The van der Waals surface area contributed by atoms with E-state index in [2.05, 4.69) is 39.9 Å². The lowest BCUT2D eigenvalue weighted by atomic mass is 10.0. The Balaban J connectivity index is 2.08. The second kappa shape index (κ2) is 4.42. The molecule has 0 amide bonds. The minimum absolute atomic E-state index is 0.348. The minimum atomic E-state index is 0.348.